The molecule has 1 fully saturated rings. The molecule has 3 heterocycles. The van der Waals surface area contributed by atoms with Crippen LogP contribution >= 0.6 is 0 Å². The van der Waals surface area contributed by atoms with Crippen LogP contribution in [0.1, 0.15) is 24.1 Å². The molecule has 0 amide bonds. The Morgan fingerprint density at radius 3 is 2.87 bits per heavy atom. The van der Waals surface area contributed by atoms with Crippen molar-refractivity contribution in [3.8, 4) is 11.1 Å². The Kier molecular flexibility index (Phi) is 5.92. The standard InChI is InChI=1S/C21H22F3N5O2/c1-13-7-14(15-10-26-29(11-15)12-18-17(30)3-2-6-31-18)9-16(8-13)27-20-25-5-4-19(28-20)21(22,23)24/h4-5,7-11,17-18,30H,2-3,6,12H2,1H3,(H,25,27,28)/t17?,18-/m1/s1. The van der Waals surface area contributed by atoms with E-state index in [9.17, 15) is 18.3 Å². The van der Waals surface area contributed by atoms with Crippen molar-refractivity contribution in [1.29, 1.82) is 0 Å². The highest BCUT2D eigenvalue weighted by molar-refractivity contribution is 5.70. The Bertz CT molecular complexity index is 1050. The number of alkyl halides is 3. The third-order valence-electron chi connectivity index (χ3n) is 5.02. The molecule has 10 heteroatoms. The van der Waals surface area contributed by atoms with Gasteiger partial charge < -0.3 is 15.2 Å². The molecule has 0 aliphatic carbocycles. The average Bonchev–Trinajstić information content (AvgIpc) is 3.18. The summed E-state index contributed by atoms with van der Waals surface area (Å²) < 4.78 is 46.1. The molecule has 31 heavy (non-hydrogen) atoms. The van der Waals surface area contributed by atoms with Gasteiger partial charge in [0.05, 0.1) is 18.8 Å². The fraction of sp³-hybridized carbons (Fsp3) is 0.381. The predicted octanol–water partition coefficient (Wildman–Crippen LogP) is 3.95. The lowest BCUT2D eigenvalue weighted by Crippen LogP contribution is -2.37. The fourth-order valence-corrected chi connectivity index (χ4v) is 3.52. The molecule has 0 radical (unpaired) electrons. The number of halogens is 3. The minimum Gasteiger partial charge on any atom is -0.390 e. The molecule has 164 valence electrons. The van der Waals surface area contributed by atoms with Crippen molar-refractivity contribution in [2.24, 2.45) is 0 Å². The Morgan fingerprint density at radius 1 is 1.26 bits per heavy atom. The van der Waals surface area contributed by atoms with Crippen LogP contribution in [0, 0.1) is 6.92 Å². The summed E-state index contributed by atoms with van der Waals surface area (Å²) in [4.78, 5) is 7.43. The largest absolute Gasteiger partial charge is 0.433 e. The van der Waals surface area contributed by atoms with E-state index in [2.05, 4.69) is 20.4 Å². The van der Waals surface area contributed by atoms with Crippen LogP contribution in [0.3, 0.4) is 0 Å². The number of aromatic nitrogens is 4. The number of aryl methyl sites for hydroxylation is 1. The van der Waals surface area contributed by atoms with Crippen molar-refractivity contribution in [2.45, 2.75) is 44.7 Å². The Morgan fingerprint density at radius 2 is 2.10 bits per heavy atom. The smallest absolute Gasteiger partial charge is 0.390 e. The number of aliphatic hydroxyl groups is 1. The van der Waals surface area contributed by atoms with E-state index >= 15 is 0 Å². The first kappa shape index (κ1) is 21.3. The molecule has 2 aromatic heterocycles. The number of benzene rings is 1. The van der Waals surface area contributed by atoms with E-state index in [0.29, 0.717) is 25.3 Å². The monoisotopic (exact) mass is 433 g/mol. The predicted molar refractivity (Wildman–Crippen MR) is 108 cm³/mol. The van der Waals surface area contributed by atoms with Gasteiger partial charge in [0.25, 0.3) is 0 Å². The van der Waals surface area contributed by atoms with Gasteiger partial charge in [-0.2, -0.15) is 18.3 Å². The second-order valence-corrected chi connectivity index (χ2v) is 7.55. The van der Waals surface area contributed by atoms with E-state index < -0.39 is 18.0 Å². The zero-order chi connectivity index (χ0) is 22.0. The lowest BCUT2D eigenvalue weighted by molar-refractivity contribution is -0.141. The highest BCUT2D eigenvalue weighted by Gasteiger charge is 2.32. The van der Waals surface area contributed by atoms with Gasteiger partial charge in [-0.15, -0.1) is 0 Å². The topological polar surface area (TPSA) is 85.1 Å². The quantitative estimate of drug-likeness (QED) is 0.634. The van der Waals surface area contributed by atoms with E-state index in [1.54, 1.807) is 23.0 Å². The van der Waals surface area contributed by atoms with Gasteiger partial charge in [-0.25, -0.2) is 9.97 Å². The van der Waals surface area contributed by atoms with Gasteiger partial charge in [-0.3, -0.25) is 4.68 Å². The van der Waals surface area contributed by atoms with Crippen LogP contribution in [0.2, 0.25) is 0 Å². The molecule has 0 saturated carbocycles. The summed E-state index contributed by atoms with van der Waals surface area (Å²) in [5.41, 5.74) is 2.14. The summed E-state index contributed by atoms with van der Waals surface area (Å²) in [6.07, 6.45) is 0.832. The Labute approximate surface area is 176 Å². The first-order valence-electron chi connectivity index (χ1n) is 9.89. The summed E-state index contributed by atoms with van der Waals surface area (Å²) in [6, 6.07) is 6.37. The molecule has 1 unspecified atom stereocenters. The summed E-state index contributed by atoms with van der Waals surface area (Å²) in [6.45, 7) is 2.95. The number of aliphatic hydroxyl groups excluding tert-OH is 1. The molecule has 2 atom stereocenters. The summed E-state index contributed by atoms with van der Waals surface area (Å²) in [5.74, 6) is -0.134. The van der Waals surface area contributed by atoms with Crippen molar-refractivity contribution >= 4 is 11.6 Å². The van der Waals surface area contributed by atoms with Gasteiger partial charge in [0.15, 0.2) is 0 Å². The molecule has 1 aliphatic rings. The van der Waals surface area contributed by atoms with E-state index in [1.807, 2.05) is 19.2 Å². The van der Waals surface area contributed by atoms with Crippen LogP contribution in [0.15, 0.2) is 42.9 Å². The number of rotatable bonds is 5. The van der Waals surface area contributed by atoms with Crippen molar-refractivity contribution < 1.29 is 23.0 Å². The number of nitrogens with one attached hydrogen (secondary N) is 1. The van der Waals surface area contributed by atoms with Crippen LogP contribution in [0.5, 0.6) is 0 Å². The van der Waals surface area contributed by atoms with Crippen LogP contribution in [0.25, 0.3) is 11.1 Å². The van der Waals surface area contributed by atoms with Crippen LogP contribution in [-0.4, -0.2) is 43.7 Å². The van der Waals surface area contributed by atoms with Gasteiger partial charge >= 0.3 is 6.18 Å². The van der Waals surface area contributed by atoms with Gasteiger partial charge in [-0.1, -0.05) is 6.07 Å². The van der Waals surface area contributed by atoms with Crippen molar-refractivity contribution in [3.63, 3.8) is 0 Å². The maximum atomic E-state index is 12.9. The number of hydrogen-bond acceptors (Lipinski definition) is 6. The molecule has 2 N–H and O–H groups in total. The zero-order valence-electron chi connectivity index (χ0n) is 16.8. The minimum atomic E-state index is -4.54. The highest BCUT2D eigenvalue weighted by Crippen LogP contribution is 2.29. The Balaban J connectivity index is 1.53. The second kappa shape index (κ2) is 8.64. The molecule has 7 nitrogen and oxygen atoms in total. The van der Waals surface area contributed by atoms with E-state index in [1.165, 1.54) is 0 Å². The molecule has 1 saturated heterocycles. The summed E-state index contributed by atoms with van der Waals surface area (Å²) >= 11 is 0. The number of ether oxygens (including phenoxy) is 1. The normalized spacial score (nSPS) is 19.4. The molecule has 1 aromatic carbocycles. The number of hydrogen-bond donors (Lipinski definition) is 2. The fourth-order valence-electron chi connectivity index (χ4n) is 3.52. The molecular formula is C21H22F3N5O2. The lowest BCUT2D eigenvalue weighted by Gasteiger charge is -2.27. The number of anilines is 2. The number of nitrogens with zero attached hydrogens (tertiary/aromatic N) is 4. The molecule has 1 aliphatic heterocycles. The van der Waals surface area contributed by atoms with Crippen molar-refractivity contribution in [3.05, 3.63) is 54.1 Å². The minimum absolute atomic E-state index is 0.134. The lowest BCUT2D eigenvalue weighted by atomic mass is 10.1. The first-order valence-corrected chi connectivity index (χ1v) is 9.89. The van der Waals surface area contributed by atoms with Crippen LogP contribution in [0.4, 0.5) is 24.8 Å². The summed E-state index contributed by atoms with van der Waals surface area (Å²) in [7, 11) is 0. The highest BCUT2D eigenvalue weighted by atomic mass is 19.4. The second-order valence-electron chi connectivity index (χ2n) is 7.55. The maximum Gasteiger partial charge on any atom is 0.433 e. The Hall–Kier alpha value is -2.98. The molecule has 3 aromatic rings. The van der Waals surface area contributed by atoms with Crippen LogP contribution in [-0.2, 0) is 17.5 Å². The molecule has 0 spiro atoms. The third-order valence-corrected chi connectivity index (χ3v) is 5.02. The van der Waals surface area contributed by atoms with E-state index in [-0.39, 0.29) is 12.1 Å². The van der Waals surface area contributed by atoms with E-state index in [4.69, 9.17) is 4.74 Å². The van der Waals surface area contributed by atoms with Crippen LogP contribution < -0.4 is 5.32 Å². The third kappa shape index (κ3) is 5.20. The van der Waals surface area contributed by atoms with Gasteiger partial charge in [-0.05, 0) is 49.1 Å². The SMILES string of the molecule is Cc1cc(Nc2nccc(C(F)(F)F)n2)cc(-c2cnn(C[C@H]3OCCCC3O)c2)c1. The first-order chi connectivity index (χ1) is 14.8. The van der Waals surface area contributed by atoms with Gasteiger partial charge in [0.2, 0.25) is 5.95 Å². The van der Waals surface area contributed by atoms with E-state index in [0.717, 1.165) is 35.4 Å². The molecule has 0 bridgehead atoms. The molecular weight excluding hydrogens is 411 g/mol. The van der Waals surface area contributed by atoms with Gasteiger partial charge in [0.1, 0.15) is 11.8 Å². The maximum absolute atomic E-state index is 12.9. The average molecular weight is 433 g/mol. The van der Waals surface area contributed by atoms with Gasteiger partial charge in [0, 0.05) is 30.3 Å². The van der Waals surface area contributed by atoms with Crippen molar-refractivity contribution in [1.82, 2.24) is 19.7 Å². The zero-order valence-corrected chi connectivity index (χ0v) is 16.8. The summed E-state index contributed by atoms with van der Waals surface area (Å²) in [5, 5.41) is 17.3. The van der Waals surface area contributed by atoms with Crippen molar-refractivity contribution in [2.75, 3.05) is 11.9 Å². The molecule has 4 rings (SSSR count).